The molecule has 0 atom stereocenters. The van der Waals surface area contributed by atoms with E-state index in [1.807, 2.05) is 5.38 Å². The minimum absolute atomic E-state index is 0.292. The molecule has 1 rings (SSSR count). The molecule has 0 unspecified atom stereocenters. The van der Waals surface area contributed by atoms with Gasteiger partial charge in [0.25, 0.3) is 0 Å². The lowest BCUT2D eigenvalue weighted by atomic mass is 10.3. The summed E-state index contributed by atoms with van der Waals surface area (Å²) in [5, 5.41) is 1.81. The molecule has 2 nitrogen and oxygen atoms in total. The predicted octanol–water partition coefficient (Wildman–Crippen LogP) is 1.72. The minimum Gasteiger partial charge on any atom is -0.465 e. The highest BCUT2D eigenvalue weighted by atomic mass is 32.1. The number of ether oxygens (including phenoxy) is 1. The zero-order valence-corrected chi connectivity index (χ0v) is 6.40. The second kappa shape index (κ2) is 2.84. The van der Waals surface area contributed by atoms with Gasteiger partial charge in [-0.3, -0.25) is 0 Å². The van der Waals surface area contributed by atoms with Gasteiger partial charge in [0.05, 0.1) is 7.11 Å². The van der Waals surface area contributed by atoms with E-state index in [2.05, 4.69) is 11.7 Å². The van der Waals surface area contributed by atoms with Gasteiger partial charge < -0.3 is 4.74 Å². The van der Waals surface area contributed by atoms with E-state index in [0.29, 0.717) is 4.88 Å². The van der Waals surface area contributed by atoms with E-state index in [0.717, 1.165) is 5.56 Å². The number of esters is 1. The smallest absolute Gasteiger partial charge is 0.348 e. The monoisotopic (exact) mass is 155 g/mol. The molecule has 0 aliphatic rings. The lowest BCUT2D eigenvalue weighted by molar-refractivity contribution is 0.0606. The van der Waals surface area contributed by atoms with Gasteiger partial charge in [-0.25, -0.2) is 4.79 Å². The highest BCUT2D eigenvalue weighted by Gasteiger charge is 2.05. The summed E-state index contributed by atoms with van der Waals surface area (Å²) in [7, 11) is 1.37. The van der Waals surface area contributed by atoms with Gasteiger partial charge in [0, 0.05) is 0 Å². The molecular weight excluding hydrogens is 148 g/mol. The van der Waals surface area contributed by atoms with Gasteiger partial charge in [0.15, 0.2) is 0 Å². The maximum absolute atomic E-state index is 10.8. The number of carbonyl (C=O) groups is 1. The topological polar surface area (TPSA) is 26.3 Å². The van der Waals surface area contributed by atoms with Crippen molar-refractivity contribution in [3.8, 4) is 0 Å². The normalized spacial score (nSPS) is 9.40. The average Bonchev–Trinajstić information content (AvgIpc) is 2.34. The fraction of sp³-hybridized carbons (Fsp3) is 0.143. The van der Waals surface area contributed by atoms with Crippen LogP contribution in [-0.4, -0.2) is 13.1 Å². The van der Waals surface area contributed by atoms with Crippen LogP contribution in [0.5, 0.6) is 0 Å². The van der Waals surface area contributed by atoms with Crippen LogP contribution in [0.4, 0.5) is 0 Å². The Morgan fingerprint density at radius 3 is 2.90 bits per heavy atom. The number of rotatable bonds is 1. The maximum atomic E-state index is 10.8. The molecule has 0 saturated heterocycles. The minimum atomic E-state index is -0.292. The standard InChI is InChI=1S/C7H7O2S/c1-5-3-6(10-4-5)7(8)9-2/h3-4H,1H2,2H3. The highest BCUT2D eigenvalue weighted by Crippen LogP contribution is 2.13. The second-order valence-electron chi connectivity index (χ2n) is 1.81. The fourth-order valence-electron chi connectivity index (χ4n) is 0.583. The molecule has 0 bridgehead atoms. The van der Waals surface area contributed by atoms with E-state index < -0.39 is 0 Å². The summed E-state index contributed by atoms with van der Waals surface area (Å²) in [6.07, 6.45) is 0. The number of thiophene rings is 1. The van der Waals surface area contributed by atoms with Gasteiger partial charge in [0.2, 0.25) is 0 Å². The van der Waals surface area contributed by atoms with Crippen LogP contribution in [0.15, 0.2) is 11.4 Å². The van der Waals surface area contributed by atoms with Crippen LogP contribution in [0, 0.1) is 6.92 Å². The Bertz CT molecular complexity index is 240. The summed E-state index contributed by atoms with van der Waals surface area (Å²) in [5.41, 5.74) is 0.852. The second-order valence-corrected chi connectivity index (χ2v) is 2.72. The van der Waals surface area contributed by atoms with Crippen molar-refractivity contribution in [1.82, 2.24) is 0 Å². The largest absolute Gasteiger partial charge is 0.465 e. The molecule has 0 aliphatic heterocycles. The van der Waals surface area contributed by atoms with E-state index in [4.69, 9.17) is 0 Å². The van der Waals surface area contributed by atoms with Crippen molar-refractivity contribution in [2.45, 2.75) is 0 Å². The fourth-order valence-corrected chi connectivity index (χ4v) is 1.33. The molecule has 1 aromatic heterocycles. The van der Waals surface area contributed by atoms with Crippen molar-refractivity contribution < 1.29 is 9.53 Å². The van der Waals surface area contributed by atoms with Gasteiger partial charge in [-0.1, -0.05) is 0 Å². The van der Waals surface area contributed by atoms with Crippen molar-refractivity contribution in [2.24, 2.45) is 0 Å². The van der Waals surface area contributed by atoms with Gasteiger partial charge in [0.1, 0.15) is 4.88 Å². The Morgan fingerprint density at radius 1 is 1.80 bits per heavy atom. The molecule has 0 saturated carbocycles. The molecule has 0 aliphatic carbocycles. The van der Waals surface area contributed by atoms with Crippen molar-refractivity contribution in [2.75, 3.05) is 7.11 Å². The molecule has 0 fully saturated rings. The quantitative estimate of drug-likeness (QED) is 0.577. The van der Waals surface area contributed by atoms with Crippen molar-refractivity contribution in [1.29, 1.82) is 0 Å². The first-order chi connectivity index (χ1) is 4.74. The van der Waals surface area contributed by atoms with E-state index in [1.165, 1.54) is 18.4 Å². The summed E-state index contributed by atoms with van der Waals surface area (Å²) in [4.78, 5) is 11.4. The third kappa shape index (κ3) is 1.36. The Balaban J connectivity index is 2.85. The van der Waals surface area contributed by atoms with Crippen LogP contribution < -0.4 is 0 Å². The molecule has 0 amide bonds. The first-order valence-corrected chi connectivity index (χ1v) is 3.61. The summed E-state index contributed by atoms with van der Waals surface area (Å²) >= 11 is 1.35. The number of methoxy groups -OCH3 is 1. The van der Waals surface area contributed by atoms with Crippen LogP contribution in [0.1, 0.15) is 15.2 Å². The molecule has 1 heterocycles. The molecular formula is C7H7O2S. The van der Waals surface area contributed by atoms with Crippen LogP contribution in [0.2, 0.25) is 0 Å². The zero-order valence-electron chi connectivity index (χ0n) is 5.59. The Labute approximate surface area is 63.4 Å². The van der Waals surface area contributed by atoms with Crippen LogP contribution in [0.3, 0.4) is 0 Å². The summed E-state index contributed by atoms with van der Waals surface area (Å²) in [6, 6.07) is 1.70. The molecule has 10 heavy (non-hydrogen) atoms. The van der Waals surface area contributed by atoms with E-state index in [9.17, 15) is 4.79 Å². The Hall–Kier alpha value is -0.830. The molecule has 0 spiro atoms. The molecule has 1 aromatic rings. The summed E-state index contributed by atoms with van der Waals surface area (Å²) < 4.78 is 4.49. The van der Waals surface area contributed by atoms with Crippen molar-refractivity contribution in [3.63, 3.8) is 0 Å². The molecule has 0 aromatic carbocycles. The van der Waals surface area contributed by atoms with E-state index in [1.54, 1.807) is 6.07 Å². The maximum Gasteiger partial charge on any atom is 0.348 e. The summed E-state index contributed by atoms with van der Waals surface area (Å²) in [5.74, 6) is -0.292. The van der Waals surface area contributed by atoms with Crippen LogP contribution in [0.25, 0.3) is 0 Å². The molecule has 53 valence electrons. The molecule has 3 heteroatoms. The SMILES string of the molecule is [CH2]c1csc(C(=O)OC)c1. The van der Waals surface area contributed by atoms with Gasteiger partial charge in [-0.15, -0.1) is 11.3 Å². The number of hydrogen-bond donors (Lipinski definition) is 0. The Kier molecular flexibility index (Phi) is 2.06. The predicted molar refractivity (Wildman–Crippen MR) is 40.1 cm³/mol. The highest BCUT2D eigenvalue weighted by molar-refractivity contribution is 7.12. The molecule has 0 N–H and O–H groups in total. The lowest BCUT2D eigenvalue weighted by Gasteiger charge is -1.90. The van der Waals surface area contributed by atoms with Gasteiger partial charge in [-0.2, -0.15) is 0 Å². The van der Waals surface area contributed by atoms with Crippen molar-refractivity contribution in [3.05, 3.63) is 28.8 Å². The van der Waals surface area contributed by atoms with Gasteiger partial charge >= 0.3 is 5.97 Å². The van der Waals surface area contributed by atoms with Gasteiger partial charge in [-0.05, 0) is 23.9 Å². The third-order valence-corrected chi connectivity index (χ3v) is 2.00. The van der Waals surface area contributed by atoms with Crippen LogP contribution >= 0.6 is 11.3 Å². The third-order valence-electron chi connectivity index (χ3n) is 1.04. The van der Waals surface area contributed by atoms with Crippen LogP contribution in [-0.2, 0) is 4.74 Å². The van der Waals surface area contributed by atoms with E-state index >= 15 is 0 Å². The first-order valence-electron chi connectivity index (χ1n) is 2.73. The van der Waals surface area contributed by atoms with E-state index in [-0.39, 0.29) is 5.97 Å². The van der Waals surface area contributed by atoms with Crippen molar-refractivity contribution >= 4 is 17.3 Å². The average molecular weight is 155 g/mol. The first kappa shape index (κ1) is 7.28. The lowest BCUT2D eigenvalue weighted by Crippen LogP contribution is -1.96. The number of carbonyl (C=O) groups excluding carboxylic acids is 1. The number of hydrogen-bond acceptors (Lipinski definition) is 3. The molecule has 1 radical (unpaired) electrons. The Morgan fingerprint density at radius 2 is 2.50 bits per heavy atom. The summed E-state index contributed by atoms with van der Waals surface area (Å²) in [6.45, 7) is 3.66. The zero-order chi connectivity index (χ0) is 7.56.